The number of piperazine rings is 1. The number of fused-ring (bicyclic) bond motifs is 1. The zero-order chi connectivity index (χ0) is 19.0. The Morgan fingerprint density at radius 3 is 2.70 bits per heavy atom. The lowest BCUT2D eigenvalue weighted by Gasteiger charge is -2.33. The Labute approximate surface area is 171 Å². The van der Waals surface area contributed by atoms with Crippen LogP contribution in [0, 0.1) is 0 Å². The van der Waals surface area contributed by atoms with E-state index >= 15 is 0 Å². The van der Waals surface area contributed by atoms with Crippen LogP contribution in [0.5, 0.6) is 0 Å². The second kappa shape index (κ2) is 7.57. The van der Waals surface area contributed by atoms with Crippen LogP contribution in [-0.4, -0.2) is 51.9 Å². The summed E-state index contributed by atoms with van der Waals surface area (Å²) in [4.78, 5) is 36.1. The predicted octanol–water partition coefficient (Wildman–Crippen LogP) is 3.00. The molecule has 2 aromatic heterocycles. The molecule has 27 heavy (non-hydrogen) atoms. The van der Waals surface area contributed by atoms with Crippen molar-refractivity contribution in [2.75, 3.05) is 26.2 Å². The highest BCUT2D eigenvalue weighted by Crippen LogP contribution is 2.25. The summed E-state index contributed by atoms with van der Waals surface area (Å²) in [5.74, 6) is 0.882. The summed E-state index contributed by atoms with van der Waals surface area (Å²) >= 11 is 6.86. The number of aromatic amines is 1. The van der Waals surface area contributed by atoms with E-state index in [9.17, 15) is 9.59 Å². The van der Waals surface area contributed by atoms with Gasteiger partial charge in [0.15, 0.2) is 5.76 Å². The number of nitrogens with zero attached hydrogens (tertiary/aromatic N) is 3. The van der Waals surface area contributed by atoms with Gasteiger partial charge in [-0.15, -0.1) is 0 Å². The van der Waals surface area contributed by atoms with Crippen molar-refractivity contribution < 1.29 is 9.21 Å². The highest BCUT2D eigenvalue weighted by molar-refractivity contribution is 9.11. The van der Waals surface area contributed by atoms with Gasteiger partial charge in [0.25, 0.3) is 11.5 Å². The van der Waals surface area contributed by atoms with Gasteiger partial charge in [-0.2, -0.15) is 0 Å². The van der Waals surface area contributed by atoms with Crippen LogP contribution in [-0.2, 0) is 6.54 Å². The molecular weight excluding hydrogens is 480 g/mol. The maximum absolute atomic E-state index is 12.4. The van der Waals surface area contributed by atoms with Crippen LogP contribution in [0.3, 0.4) is 0 Å². The number of hydrogen-bond donors (Lipinski definition) is 1. The Morgan fingerprint density at radius 1 is 1.22 bits per heavy atom. The number of hydrogen-bond acceptors (Lipinski definition) is 5. The third-order valence-electron chi connectivity index (χ3n) is 4.54. The van der Waals surface area contributed by atoms with Gasteiger partial charge in [0, 0.05) is 35.1 Å². The summed E-state index contributed by atoms with van der Waals surface area (Å²) in [5, 5.41) is 0.536. The Bertz CT molecular complexity index is 1040. The van der Waals surface area contributed by atoms with E-state index in [1.807, 2.05) is 6.07 Å². The summed E-state index contributed by atoms with van der Waals surface area (Å²) in [6.45, 7) is 3.14. The molecule has 1 N–H and O–H groups in total. The zero-order valence-corrected chi connectivity index (χ0v) is 17.4. The number of aromatic nitrogens is 2. The van der Waals surface area contributed by atoms with Crippen molar-refractivity contribution in [2.45, 2.75) is 6.54 Å². The molecule has 7 nitrogen and oxygen atoms in total. The van der Waals surface area contributed by atoms with Crippen molar-refractivity contribution >= 4 is 48.7 Å². The lowest BCUT2D eigenvalue weighted by atomic mass is 10.2. The maximum Gasteiger partial charge on any atom is 0.289 e. The molecular formula is C18H16Br2N4O3. The number of H-pyrrole nitrogens is 1. The van der Waals surface area contributed by atoms with Crippen LogP contribution in [0.25, 0.3) is 10.9 Å². The van der Waals surface area contributed by atoms with Crippen LogP contribution in [0.1, 0.15) is 16.4 Å². The summed E-state index contributed by atoms with van der Waals surface area (Å²) in [7, 11) is 0. The Balaban J connectivity index is 1.46. The second-order valence-electron chi connectivity index (χ2n) is 6.34. The number of furan rings is 1. The SMILES string of the molecule is O=C(c1ccco1)N1CCN(Cc2nc3c(Br)cc(Br)cc3c(=O)[nH]2)CC1. The molecule has 0 aliphatic carbocycles. The Morgan fingerprint density at radius 2 is 2.00 bits per heavy atom. The fourth-order valence-corrected chi connectivity index (χ4v) is 4.48. The molecule has 0 saturated carbocycles. The first-order chi connectivity index (χ1) is 13.0. The first-order valence-corrected chi connectivity index (χ1v) is 10.0. The number of nitrogens with one attached hydrogen (secondary N) is 1. The van der Waals surface area contributed by atoms with E-state index in [2.05, 4.69) is 46.7 Å². The van der Waals surface area contributed by atoms with E-state index in [-0.39, 0.29) is 11.5 Å². The van der Waals surface area contributed by atoms with Crippen molar-refractivity contribution in [2.24, 2.45) is 0 Å². The predicted molar refractivity (Wildman–Crippen MR) is 108 cm³/mol. The smallest absolute Gasteiger partial charge is 0.289 e. The van der Waals surface area contributed by atoms with E-state index in [1.165, 1.54) is 6.26 Å². The number of carbonyl (C=O) groups is 1. The molecule has 1 aromatic carbocycles. The van der Waals surface area contributed by atoms with Gasteiger partial charge in [-0.1, -0.05) is 15.9 Å². The lowest BCUT2D eigenvalue weighted by Crippen LogP contribution is -2.48. The fraction of sp³-hybridized carbons (Fsp3) is 0.278. The molecule has 0 bridgehead atoms. The average molecular weight is 496 g/mol. The number of rotatable bonds is 3. The first kappa shape index (κ1) is 18.4. The second-order valence-corrected chi connectivity index (χ2v) is 8.11. The van der Waals surface area contributed by atoms with Crippen molar-refractivity contribution in [1.29, 1.82) is 0 Å². The summed E-state index contributed by atoms with van der Waals surface area (Å²) < 4.78 is 6.77. The third-order valence-corrected chi connectivity index (χ3v) is 5.60. The molecule has 3 aromatic rings. The van der Waals surface area contributed by atoms with E-state index in [1.54, 1.807) is 23.1 Å². The zero-order valence-electron chi connectivity index (χ0n) is 14.2. The monoisotopic (exact) mass is 494 g/mol. The van der Waals surface area contributed by atoms with Gasteiger partial charge < -0.3 is 14.3 Å². The Kier molecular flexibility index (Phi) is 5.16. The normalized spacial score (nSPS) is 15.4. The van der Waals surface area contributed by atoms with Crippen molar-refractivity contribution in [3.63, 3.8) is 0 Å². The minimum atomic E-state index is -0.163. The molecule has 140 valence electrons. The molecule has 1 aliphatic rings. The van der Waals surface area contributed by atoms with Gasteiger partial charge in [-0.25, -0.2) is 4.98 Å². The number of halogens is 2. The number of amides is 1. The fourth-order valence-electron chi connectivity index (χ4n) is 3.17. The molecule has 0 radical (unpaired) electrons. The average Bonchev–Trinajstić information content (AvgIpc) is 3.18. The highest BCUT2D eigenvalue weighted by atomic mass is 79.9. The molecule has 1 amide bonds. The van der Waals surface area contributed by atoms with Gasteiger partial charge in [-0.3, -0.25) is 14.5 Å². The van der Waals surface area contributed by atoms with Crippen LogP contribution in [0.2, 0.25) is 0 Å². The van der Waals surface area contributed by atoms with Gasteiger partial charge in [0.1, 0.15) is 5.82 Å². The van der Waals surface area contributed by atoms with E-state index in [0.29, 0.717) is 55.2 Å². The maximum atomic E-state index is 12.4. The topological polar surface area (TPSA) is 82.4 Å². The molecule has 0 spiro atoms. The van der Waals surface area contributed by atoms with Gasteiger partial charge in [0.2, 0.25) is 0 Å². The largest absolute Gasteiger partial charge is 0.459 e. The van der Waals surface area contributed by atoms with Crippen molar-refractivity contribution in [3.05, 3.63) is 61.4 Å². The molecule has 1 aliphatic heterocycles. The van der Waals surface area contributed by atoms with E-state index in [4.69, 9.17) is 4.42 Å². The van der Waals surface area contributed by atoms with E-state index < -0.39 is 0 Å². The molecule has 4 rings (SSSR count). The molecule has 0 unspecified atom stereocenters. The number of benzene rings is 1. The number of carbonyl (C=O) groups excluding carboxylic acids is 1. The van der Waals surface area contributed by atoms with Crippen LogP contribution < -0.4 is 5.56 Å². The Hall–Kier alpha value is -1.97. The molecule has 3 heterocycles. The van der Waals surface area contributed by atoms with Gasteiger partial charge in [-0.05, 0) is 40.2 Å². The molecule has 1 fully saturated rings. The lowest BCUT2D eigenvalue weighted by molar-refractivity contribution is 0.0595. The van der Waals surface area contributed by atoms with Crippen LogP contribution in [0.4, 0.5) is 0 Å². The summed E-state index contributed by atoms with van der Waals surface area (Å²) in [6, 6.07) is 7.02. The summed E-state index contributed by atoms with van der Waals surface area (Å²) in [5.41, 5.74) is 0.479. The molecule has 0 atom stereocenters. The van der Waals surface area contributed by atoms with Gasteiger partial charge >= 0.3 is 0 Å². The standard InChI is InChI=1S/C18H16Br2N4O3/c19-11-8-12-16(13(20)9-11)21-15(22-17(12)25)10-23-3-5-24(6-4-23)18(26)14-2-1-7-27-14/h1-2,7-9H,3-6,10H2,(H,21,22,25). The summed E-state index contributed by atoms with van der Waals surface area (Å²) in [6.07, 6.45) is 1.50. The highest BCUT2D eigenvalue weighted by Gasteiger charge is 2.24. The minimum absolute atomic E-state index is 0.0913. The first-order valence-electron chi connectivity index (χ1n) is 8.44. The van der Waals surface area contributed by atoms with Crippen LogP contribution in [0.15, 0.2) is 48.7 Å². The molecule has 1 saturated heterocycles. The minimum Gasteiger partial charge on any atom is -0.459 e. The third kappa shape index (κ3) is 3.85. The quantitative estimate of drug-likeness (QED) is 0.604. The van der Waals surface area contributed by atoms with Gasteiger partial charge in [0.05, 0.1) is 23.7 Å². The van der Waals surface area contributed by atoms with Crippen molar-refractivity contribution in [3.8, 4) is 0 Å². The van der Waals surface area contributed by atoms with E-state index in [0.717, 1.165) is 8.95 Å². The van der Waals surface area contributed by atoms with Crippen LogP contribution >= 0.6 is 31.9 Å². The van der Waals surface area contributed by atoms with Crippen molar-refractivity contribution in [1.82, 2.24) is 19.8 Å². The molecule has 9 heteroatoms.